The number of anilines is 1. The van der Waals surface area contributed by atoms with Gasteiger partial charge >= 0.3 is 5.97 Å². The number of primary amides is 1. The van der Waals surface area contributed by atoms with Gasteiger partial charge in [0.25, 0.3) is 11.8 Å². The van der Waals surface area contributed by atoms with Crippen molar-refractivity contribution in [2.24, 2.45) is 5.73 Å². The third-order valence-corrected chi connectivity index (χ3v) is 5.77. The number of carbonyl (C=O) groups is 3. The average Bonchev–Trinajstić information content (AvgIpc) is 3.44. The van der Waals surface area contributed by atoms with Crippen molar-refractivity contribution in [3.8, 4) is 5.69 Å². The lowest BCUT2D eigenvalue weighted by molar-refractivity contribution is -0.123. The minimum absolute atomic E-state index is 0.214. The Bertz CT molecular complexity index is 1120. The van der Waals surface area contributed by atoms with E-state index in [0.29, 0.717) is 5.00 Å². The van der Waals surface area contributed by atoms with Crippen LogP contribution in [0.25, 0.3) is 5.69 Å². The molecule has 2 aromatic heterocycles. The van der Waals surface area contributed by atoms with Crippen molar-refractivity contribution in [1.29, 1.82) is 0 Å². The number of nitrogens with zero attached hydrogens (tertiary/aromatic N) is 2. The van der Waals surface area contributed by atoms with Crippen LogP contribution in [0.3, 0.4) is 0 Å². The molecule has 8 nitrogen and oxygen atoms in total. The molecule has 154 valence electrons. The molecule has 3 N–H and O–H groups in total. The molecule has 0 unspecified atom stereocenters. The SMILES string of the molecule is C[C@@H](OC(=O)c1nn(-c2ccccc2)c2c1CCC2)C(=O)Nc1sccc1C(N)=O. The van der Waals surface area contributed by atoms with Gasteiger partial charge in [-0.3, -0.25) is 9.59 Å². The van der Waals surface area contributed by atoms with Gasteiger partial charge in [0.15, 0.2) is 11.8 Å². The highest BCUT2D eigenvalue weighted by atomic mass is 32.1. The molecule has 1 aliphatic rings. The van der Waals surface area contributed by atoms with Crippen LogP contribution in [0.2, 0.25) is 0 Å². The van der Waals surface area contributed by atoms with Crippen LogP contribution in [0.5, 0.6) is 0 Å². The minimum Gasteiger partial charge on any atom is -0.448 e. The lowest BCUT2D eigenvalue weighted by Crippen LogP contribution is -2.30. The molecule has 0 saturated heterocycles. The average molecular weight is 424 g/mol. The zero-order valence-electron chi connectivity index (χ0n) is 16.3. The minimum atomic E-state index is -1.07. The van der Waals surface area contributed by atoms with Gasteiger partial charge in [0, 0.05) is 11.3 Å². The molecule has 0 fully saturated rings. The summed E-state index contributed by atoms with van der Waals surface area (Å²) in [5.74, 6) is -1.84. The molecule has 0 spiro atoms. The number of esters is 1. The Labute approximate surface area is 176 Å². The molecule has 0 saturated carbocycles. The second kappa shape index (κ2) is 8.11. The second-order valence-electron chi connectivity index (χ2n) is 6.94. The zero-order valence-corrected chi connectivity index (χ0v) is 17.1. The van der Waals surface area contributed by atoms with Crippen LogP contribution in [-0.4, -0.2) is 33.7 Å². The highest BCUT2D eigenvalue weighted by Gasteiger charge is 2.30. The van der Waals surface area contributed by atoms with Crippen LogP contribution in [-0.2, 0) is 22.4 Å². The summed E-state index contributed by atoms with van der Waals surface area (Å²) in [6, 6.07) is 11.1. The van der Waals surface area contributed by atoms with Gasteiger partial charge in [0.05, 0.1) is 11.3 Å². The van der Waals surface area contributed by atoms with Gasteiger partial charge in [-0.25, -0.2) is 9.48 Å². The number of aromatic nitrogens is 2. The second-order valence-corrected chi connectivity index (χ2v) is 7.86. The quantitative estimate of drug-likeness (QED) is 0.590. The van der Waals surface area contributed by atoms with E-state index in [1.807, 2.05) is 30.3 Å². The highest BCUT2D eigenvalue weighted by molar-refractivity contribution is 7.14. The fourth-order valence-corrected chi connectivity index (χ4v) is 4.26. The Hall–Kier alpha value is -3.46. The first kappa shape index (κ1) is 19.8. The number of thiophene rings is 1. The topological polar surface area (TPSA) is 116 Å². The summed E-state index contributed by atoms with van der Waals surface area (Å²) in [5.41, 5.74) is 8.47. The summed E-state index contributed by atoms with van der Waals surface area (Å²) in [4.78, 5) is 36.7. The van der Waals surface area contributed by atoms with Gasteiger partial charge in [0.1, 0.15) is 5.00 Å². The number of hydrogen-bond donors (Lipinski definition) is 2. The van der Waals surface area contributed by atoms with E-state index in [1.54, 1.807) is 10.1 Å². The number of rotatable bonds is 6. The lowest BCUT2D eigenvalue weighted by atomic mass is 10.2. The van der Waals surface area contributed by atoms with E-state index in [0.717, 1.165) is 36.2 Å². The number of nitrogens with one attached hydrogen (secondary N) is 1. The fraction of sp³-hybridized carbons (Fsp3) is 0.238. The Kier molecular flexibility index (Phi) is 5.37. The Morgan fingerprint density at radius 1 is 1.20 bits per heavy atom. The van der Waals surface area contributed by atoms with Gasteiger partial charge in [-0.15, -0.1) is 11.3 Å². The van der Waals surface area contributed by atoms with Gasteiger partial charge in [0.2, 0.25) is 0 Å². The largest absolute Gasteiger partial charge is 0.448 e. The number of benzene rings is 1. The van der Waals surface area contributed by atoms with Crippen molar-refractivity contribution in [2.75, 3.05) is 5.32 Å². The normalized spacial score (nSPS) is 13.5. The molecular formula is C21H20N4O4S. The van der Waals surface area contributed by atoms with Gasteiger partial charge < -0.3 is 15.8 Å². The predicted molar refractivity (Wildman–Crippen MR) is 112 cm³/mol. The van der Waals surface area contributed by atoms with Crippen LogP contribution in [0.4, 0.5) is 5.00 Å². The smallest absolute Gasteiger partial charge is 0.359 e. The summed E-state index contributed by atoms with van der Waals surface area (Å²) in [6.07, 6.45) is 1.43. The van der Waals surface area contributed by atoms with Crippen molar-refractivity contribution in [3.63, 3.8) is 0 Å². The number of nitrogens with two attached hydrogens (primary N) is 1. The first-order chi connectivity index (χ1) is 14.5. The Morgan fingerprint density at radius 3 is 2.70 bits per heavy atom. The van der Waals surface area contributed by atoms with Crippen LogP contribution >= 0.6 is 11.3 Å². The van der Waals surface area contributed by atoms with E-state index in [1.165, 1.54) is 24.3 Å². The molecule has 3 aromatic rings. The molecule has 0 aliphatic heterocycles. The molecule has 2 heterocycles. The molecule has 0 radical (unpaired) electrons. The molecule has 1 aromatic carbocycles. The van der Waals surface area contributed by atoms with E-state index in [9.17, 15) is 14.4 Å². The van der Waals surface area contributed by atoms with Crippen molar-refractivity contribution in [2.45, 2.75) is 32.3 Å². The van der Waals surface area contributed by atoms with Crippen molar-refractivity contribution in [1.82, 2.24) is 9.78 Å². The maximum atomic E-state index is 12.8. The number of ether oxygens (including phenoxy) is 1. The Morgan fingerprint density at radius 2 is 1.97 bits per heavy atom. The lowest BCUT2D eigenvalue weighted by Gasteiger charge is -2.13. The van der Waals surface area contributed by atoms with Gasteiger partial charge in [-0.1, -0.05) is 18.2 Å². The number of carbonyl (C=O) groups excluding carboxylic acids is 3. The summed E-state index contributed by atoms with van der Waals surface area (Å²) < 4.78 is 7.16. The maximum Gasteiger partial charge on any atom is 0.359 e. The monoisotopic (exact) mass is 424 g/mol. The number of fused-ring (bicyclic) bond motifs is 1. The van der Waals surface area contributed by atoms with Crippen LogP contribution in [0.1, 0.15) is 45.4 Å². The van der Waals surface area contributed by atoms with Gasteiger partial charge in [-0.2, -0.15) is 5.10 Å². The third kappa shape index (κ3) is 3.71. The molecular weight excluding hydrogens is 404 g/mol. The zero-order chi connectivity index (χ0) is 21.3. The molecule has 1 aliphatic carbocycles. The van der Waals surface area contributed by atoms with Crippen molar-refractivity contribution < 1.29 is 19.1 Å². The summed E-state index contributed by atoms with van der Waals surface area (Å²) in [5, 5.41) is 9.03. The molecule has 9 heteroatoms. The number of hydrogen-bond acceptors (Lipinski definition) is 6. The highest BCUT2D eigenvalue weighted by Crippen LogP contribution is 2.28. The number of amides is 2. The third-order valence-electron chi connectivity index (χ3n) is 4.94. The summed E-state index contributed by atoms with van der Waals surface area (Å²) >= 11 is 1.17. The van der Waals surface area contributed by atoms with Crippen LogP contribution in [0.15, 0.2) is 41.8 Å². The van der Waals surface area contributed by atoms with Crippen molar-refractivity contribution in [3.05, 3.63) is 64.3 Å². The maximum absolute atomic E-state index is 12.8. The summed E-state index contributed by atoms with van der Waals surface area (Å²) in [7, 11) is 0. The van der Waals surface area contributed by atoms with Crippen LogP contribution in [0, 0.1) is 0 Å². The Balaban J connectivity index is 1.51. The first-order valence-corrected chi connectivity index (χ1v) is 10.4. The van der Waals surface area contributed by atoms with Gasteiger partial charge in [-0.05, 0) is 49.8 Å². The first-order valence-electron chi connectivity index (χ1n) is 9.51. The molecule has 2 amide bonds. The molecule has 1 atom stereocenters. The fourth-order valence-electron chi connectivity index (χ4n) is 3.47. The summed E-state index contributed by atoms with van der Waals surface area (Å²) in [6.45, 7) is 1.47. The standard InChI is InChI=1S/C21H20N4O4S/c1-12(19(27)23-20-15(18(22)26)10-11-30-20)29-21(28)17-14-8-5-9-16(14)25(24-17)13-6-3-2-4-7-13/h2-4,6-7,10-12H,5,8-9H2,1H3,(H2,22,26)(H,23,27)/t12-/m1/s1. The van der Waals surface area contributed by atoms with E-state index in [4.69, 9.17) is 10.5 Å². The van der Waals surface area contributed by atoms with E-state index in [-0.39, 0.29) is 11.3 Å². The molecule has 4 rings (SSSR count). The predicted octanol–water partition coefficient (Wildman–Crippen LogP) is 2.71. The molecule has 0 bridgehead atoms. The molecule has 30 heavy (non-hydrogen) atoms. The van der Waals surface area contributed by atoms with E-state index >= 15 is 0 Å². The van der Waals surface area contributed by atoms with Crippen LogP contribution < -0.4 is 11.1 Å². The van der Waals surface area contributed by atoms with E-state index in [2.05, 4.69) is 10.4 Å². The number of para-hydroxylation sites is 1. The van der Waals surface area contributed by atoms with Crippen molar-refractivity contribution >= 4 is 34.1 Å². The van der Waals surface area contributed by atoms with E-state index < -0.39 is 23.9 Å².